The summed E-state index contributed by atoms with van der Waals surface area (Å²) in [7, 11) is 0. The van der Waals surface area contributed by atoms with Gasteiger partial charge in [0.25, 0.3) is 0 Å². The van der Waals surface area contributed by atoms with Crippen LogP contribution in [0.1, 0.15) is 53.4 Å². The van der Waals surface area contributed by atoms with Crippen molar-refractivity contribution in [3.63, 3.8) is 0 Å². The molecule has 6 rings (SSSR count). The van der Waals surface area contributed by atoms with Crippen molar-refractivity contribution in [2.75, 3.05) is 18.4 Å². The molecule has 2 aromatic carbocycles. The first-order valence-electron chi connectivity index (χ1n) is 12.2. The summed E-state index contributed by atoms with van der Waals surface area (Å²) in [4.78, 5) is 12.9. The lowest BCUT2D eigenvalue weighted by atomic mass is 9.91. The van der Waals surface area contributed by atoms with Gasteiger partial charge in [0, 0.05) is 29.7 Å². The standard InChI is InChI=1S/C28H28N6/c1-19-16-23-21(17-29)10-7-12-24(23)34(19)28-31-26-22(13-15-33-14-6-5-11-25(26)33)27(32-28)30-18-20-8-3-2-4-9-20/h2-4,7-10,12,16,25H,5-6,11,13-15,18H2,1H3,(H,30,31,32). The van der Waals surface area contributed by atoms with Gasteiger partial charge in [0.15, 0.2) is 0 Å². The van der Waals surface area contributed by atoms with Gasteiger partial charge in [-0.1, -0.05) is 42.8 Å². The highest BCUT2D eigenvalue weighted by molar-refractivity contribution is 5.88. The highest BCUT2D eigenvalue weighted by Gasteiger charge is 2.33. The number of piperidine rings is 1. The molecule has 34 heavy (non-hydrogen) atoms. The van der Waals surface area contributed by atoms with Crippen LogP contribution in [0, 0.1) is 18.3 Å². The van der Waals surface area contributed by atoms with Gasteiger partial charge in [0.05, 0.1) is 28.9 Å². The van der Waals surface area contributed by atoms with Crippen LogP contribution in [-0.2, 0) is 13.0 Å². The molecule has 1 fully saturated rings. The third-order valence-corrected chi connectivity index (χ3v) is 7.26. The van der Waals surface area contributed by atoms with E-state index in [1.165, 1.54) is 29.7 Å². The fourth-order valence-corrected chi connectivity index (χ4v) is 5.59. The highest BCUT2D eigenvalue weighted by Crippen LogP contribution is 2.38. The minimum Gasteiger partial charge on any atom is -0.366 e. The van der Waals surface area contributed by atoms with Crippen LogP contribution >= 0.6 is 0 Å². The zero-order chi connectivity index (χ0) is 23.1. The van der Waals surface area contributed by atoms with Crippen molar-refractivity contribution in [3.8, 4) is 12.0 Å². The topological polar surface area (TPSA) is 69.8 Å². The smallest absolute Gasteiger partial charge is 0.236 e. The molecule has 0 saturated carbocycles. The maximum Gasteiger partial charge on any atom is 0.236 e. The van der Waals surface area contributed by atoms with Crippen LogP contribution in [0.5, 0.6) is 0 Å². The Hall–Kier alpha value is -3.69. The average Bonchev–Trinajstić information content (AvgIpc) is 3.23. The van der Waals surface area contributed by atoms with Crippen molar-refractivity contribution in [3.05, 3.63) is 82.7 Å². The summed E-state index contributed by atoms with van der Waals surface area (Å²) in [6, 6.07) is 21.1. The van der Waals surface area contributed by atoms with Crippen LogP contribution in [0.4, 0.5) is 5.82 Å². The van der Waals surface area contributed by atoms with Crippen LogP contribution < -0.4 is 5.32 Å². The third-order valence-electron chi connectivity index (χ3n) is 7.26. The van der Waals surface area contributed by atoms with Gasteiger partial charge < -0.3 is 5.32 Å². The van der Waals surface area contributed by atoms with Crippen molar-refractivity contribution >= 4 is 16.7 Å². The molecule has 0 aliphatic carbocycles. The van der Waals surface area contributed by atoms with E-state index in [1.54, 1.807) is 0 Å². The van der Waals surface area contributed by atoms with Crippen molar-refractivity contribution < 1.29 is 0 Å². The lowest BCUT2D eigenvalue weighted by Crippen LogP contribution is -2.40. The minimum absolute atomic E-state index is 0.355. The van der Waals surface area contributed by atoms with Gasteiger partial charge in [-0.05, 0) is 56.5 Å². The number of aromatic nitrogens is 3. The molecule has 1 unspecified atom stereocenters. The predicted molar refractivity (Wildman–Crippen MR) is 134 cm³/mol. The molecule has 0 spiro atoms. The molecule has 2 aliphatic rings. The number of nitrogens with one attached hydrogen (secondary N) is 1. The molecule has 0 bridgehead atoms. The second-order valence-corrected chi connectivity index (χ2v) is 9.34. The van der Waals surface area contributed by atoms with Crippen LogP contribution in [0.2, 0.25) is 0 Å². The third kappa shape index (κ3) is 3.53. The van der Waals surface area contributed by atoms with Crippen molar-refractivity contribution in [1.29, 1.82) is 5.26 Å². The molecular weight excluding hydrogens is 420 g/mol. The Morgan fingerprint density at radius 3 is 2.79 bits per heavy atom. The Kier molecular flexibility index (Phi) is 5.27. The Morgan fingerprint density at radius 1 is 1.06 bits per heavy atom. The van der Waals surface area contributed by atoms with Gasteiger partial charge in [0.2, 0.25) is 5.95 Å². The molecule has 2 aliphatic heterocycles. The number of hydrogen-bond donors (Lipinski definition) is 1. The van der Waals surface area contributed by atoms with Gasteiger partial charge in [-0.15, -0.1) is 0 Å². The van der Waals surface area contributed by atoms with E-state index in [2.05, 4.69) is 64.2 Å². The van der Waals surface area contributed by atoms with E-state index in [9.17, 15) is 5.26 Å². The van der Waals surface area contributed by atoms with E-state index in [1.807, 2.05) is 18.2 Å². The van der Waals surface area contributed by atoms with Crippen molar-refractivity contribution in [1.82, 2.24) is 19.4 Å². The Balaban J connectivity index is 1.50. The van der Waals surface area contributed by atoms with Gasteiger partial charge in [-0.2, -0.15) is 10.2 Å². The summed E-state index contributed by atoms with van der Waals surface area (Å²) in [6.07, 6.45) is 4.61. The van der Waals surface area contributed by atoms with Gasteiger partial charge in [-0.3, -0.25) is 9.47 Å². The predicted octanol–water partition coefficient (Wildman–Crippen LogP) is 5.30. The molecule has 2 aromatic heterocycles. The number of nitrogens with zero attached hydrogens (tertiary/aromatic N) is 5. The number of rotatable bonds is 4. The number of aryl methyl sites for hydroxylation is 1. The summed E-state index contributed by atoms with van der Waals surface area (Å²) < 4.78 is 2.10. The second kappa shape index (κ2) is 8.58. The zero-order valence-electron chi connectivity index (χ0n) is 19.5. The van der Waals surface area contributed by atoms with Crippen LogP contribution in [0.25, 0.3) is 16.9 Å². The van der Waals surface area contributed by atoms with Gasteiger partial charge >= 0.3 is 0 Å². The number of hydrogen-bond acceptors (Lipinski definition) is 5. The maximum absolute atomic E-state index is 9.61. The first kappa shape index (κ1) is 20.9. The zero-order valence-corrected chi connectivity index (χ0v) is 19.5. The van der Waals surface area contributed by atoms with E-state index < -0.39 is 0 Å². The Bertz CT molecular complexity index is 1400. The van der Waals surface area contributed by atoms with E-state index in [0.29, 0.717) is 17.6 Å². The largest absolute Gasteiger partial charge is 0.366 e. The van der Waals surface area contributed by atoms with Gasteiger partial charge in [0.1, 0.15) is 5.82 Å². The summed E-state index contributed by atoms with van der Waals surface area (Å²) in [5.74, 6) is 1.62. The van der Waals surface area contributed by atoms with E-state index in [4.69, 9.17) is 9.97 Å². The average molecular weight is 449 g/mol. The minimum atomic E-state index is 0.355. The van der Waals surface area contributed by atoms with Crippen LogP contribution in [-0.4, -0.2) is 32.5 Å². The molecule has 0 radical (unpaired) electrons. The summed E-state index contributed by atoms with van der Waals surface area (Å²) in [6.45, 7) is 5.00. The molecular formula is C28H28N6. The highest BCUT2D eigenvalue weighted by atomic mass is 15.2. The van der Waals surface area contributed by atoms with Crippen molar-refractivity contribution in [2.45, 2.75) is 45.2 Å². The summed E-state index contributed by atoms with van der Waals surface area (Å²) in [5.41, 5.74) is 6.34. The normalized spacial score (nSPS) is 17.7. The lowest BCUT2D eigenvalue weighted by Gasteiger charge is -2.40. The second-order valence-electron chi connectivity index (χ2n) is 9.34. The van der Waals surface area contributed by atoms with Crippen molar-refractivity contribution in [2.24, 2.45) is 0 Å². The first-order chi connectivity index (χ1) is 16.7. The molecule has 1 atom stereocenters. The van der Waals surface area contributed by atoms with Crippen LogP contribution in [0.15, 0.2) is 54.6 Å². The van der Waals surface area contributed by atoms with E-state index in [-0.39, 0.29) is 0 Å². The molecule has 1 N–H and O–H groups in total. The monoisotopic (exact) mass is 448 g/mol. The molecule has 6 heteroatoms. The Labute approximate surface area is 199 Å². The number of benzene rings is 2. The maximum atomic E-state index is 9.61. The summed E-state index contributed by atoms with van der Waals surface area (Å²) in [5, 5.41) is 14.2. The summed E-state index contributed by atoms with van der Waals surface area (Å²) >= 11 is 0. The molecule has 4 aromatic rings. The first-order valence-corrected chi connectivity index (χ1v) is 12.2. The van der Waals surface area contributed by atoms with Crippen LogP contribution in [0.3, 0.4) is 0 Å². The van der Waals surface area contributed by atoms with E-state index >= 15 is 0 Å². The van der Waals surface area contributed by atoms with E-state index in [0.717, 1.165) is 54.9 Å². The molecule has 1 saturated heterocycles. The Morgan fingerprint density at radius 2 is 1.94 bits per heavy atom. The quantitative estimate of drug-likeness (QED) is 0.459. The fourth-order valence-electron chi connectivity index (χ4n) is 5.59. The number of nitriles is 1. The molecule has 170 valence electrons. The molecule has 0 amide bonds. The molecule has 6 nitrogen and oxygen atoms in total. The number of fused-ring (bicyclic) bond motifs is 4. The van der Waals surface area contributed by atoms with Gasteiger partial charge in [-0.25, -0.2) is 4.98 Å². The number of anilines is 1. The molecule has 4 heterocycles. The fraction of sp³-hybridized carbons (Fsp3) is 0.321. The SMILES string of the molecule is Cc1cc2c(C#N)cccc2n1-c1nc(NCc2ccccc2)c2c(n1)C1CCCCN1CC2. The lowest BCUT2D eigenvalue weighted by molar-refractivity contribution is 0.134.